The van der Waals surface area contributed by atoms with E-state index in [4.69, 9.17) is 11.4 Å². The minimum absolute atomic E-state index is 0.816. The van der Waals surface area contributed by atoms with Crippen LogP contribution in [-0.2, 0) is 11.4 Å². The van der Waals surface area contributed by atoms with E-state index in [2.05, 4.69) is 57.2 Å². The maximum absolute atomic E-state index is 6.35. The van der Waals surface area contributed by atoms with E-state index >= 15 is 0 Å². The van der Waals surface area contributed by atoms with Gasteiger partial charge in [-0.2, -0.15) is 0 Å². The van der Waals surface area contributed by atoms with Crippen LogP contribution >= 0.6 is 0 Å². The van der Waals surface area contributed by atoms with E-state index in [9.17, 15) is 0 Å². The van der Waals surface area contributed by atoms with Gasteiger partial charge in [0.25, 0.3) is 0 Å². The predicted octanol–water partition coefficient (Wildman–Crippen LogP) is 23.8. The first-order valence-corrected chi connectivity index (χ1v) is 34.1. The largest absolute Gasteiger partial charge is 0.905 e. The number of hydrogen-bond donors (Lipinski definition) is 0. The van der Waals surface area contributed by atoms with E-state index in [0.717, 1.165) is 39.1 Å². The van der Waals surface area contributed by atoms with Crippen molar-refractivity contribution in [2.24, 2.45) is 0 Å². The maximum atomic E-state index is 6.35. The molecule has 0 aliphatic carbocycles. The molecule has 0 aromatic rings. The molecule has 0 bridgehead atoms. The molecule has 414 valence electrons. The van der Waals surface area contributed by atoms with Crippen LogP contribution in [0.3, 0.4) is 0 Å². The fraction of sp³-hybridized carbons (Fsp3) is 0.909. The summed E-state index contributed by atoms with van der Waals surface area (Å²) in [7, 11) is 0. The lowest BCUT2D eigenvalue weighted by Crippen LogP contribution is -2.28. The van der Waals surface area contributed by atoms with Crippen LogP contribution in [0, 0.1) is 0 Å². The summed E-state index contributed by atoms with van der Waals surface area (Å²) in [5.41, 5.74) is 0. The Hall–Kier alpha value is -0.368. The summed E-state index contributed by atoms with van der Waals surface area (Å²) < 4.78 is 19.0. The highest BCUT2D eigenvalue weighted by Crippen LogP contribution is 2.17. The monoisotopic (exact) mass is 997 g/mol. The van der Waals surface area contributed by atoms with Gasteiger partial charge in [-0.3, -0.25) is 0 Å². The number of hydrogen-bond acceptors (Lipinski definition) is 3. The van der Waals surface area contributed by atoms with Crippen molar-refractivity contribution in [2.75, 3.05) is 19.8 Å². The Bertz CT molecular complexity index is 870. The van der Waals surface area contributed by atoms with Gasteiger partial charge in [-0.05, 0) is 96.3 Å². The summed E-state index contributed by atoms with van der Waals surface area (Å²) in [6.07, 6.45) is 88.4. The van der Waals surface area contributed by atoms with E-state index < -0.39 is 15.1 Å². The molecule has 0 N–H and O–H groups in total. The highest BCUT2D eigenvalue weighted by Gasteiger charge is 2.30. The van der Waals surface area contributed by atoms with E-state index in [-0.39, 0.29) is 0 Å². The van der Waals surface area contributed by atoms with Gasteiger partial charge in [-0.25, -0.2) is 0 Å². The highest BCUT2D eigenvalue weighted by molar-refractivity contribution is 6.36. The molecule has 3 nitrogen and oxygen atoms in total. The number of unbranched alkanes of at least 4 members (excludes halogenated alkanes) is 48. The highest BCUT2D eigenvalue weighted by atomic mass is 27.3. The Balaban J connectivity index is 4.04. The molecule has 0 unspecified atom stereocenters. The maximum Gasteiger partial charge on any atom is 0.905 e. The van der Waals surface area contributed by atoms with Gasteiger partial charge in [0, 0.05) is 19.8 Å². The molecule has 0 aromatic heterocycles. The number of rotatable bonds is 63. The standard InChI is InChI=1S/3C22H43O.Al/c3*1-2-3-4-5-6-7-8-9-10-11-12-13-14-15-16-17-18-19-20-21-22-23;/h3*9-10H,2-8,11-22H2,1H3;/q3*-1;+3. The van der Waals surface area contributed by atoms with Gasteiger partial charge < -0.3 is 11.4 Å². The fourth-order valence-electron chi connectivity index (χ4n) is 9.85. The first-order valence-electron chi connectivity index (χ1n) is 32.6. The molecule has 0 amide bonds. The third kappa shape index (κ3) is 63.7. The smallest absolute Gasteiger partial charge is 0.454 e. The van der Waals surface area contributed by atoms with Crippen molar-refractivity contribution in [3.05, 3.63) is 36.5 Å². The van der Waals surface area contributed by atoms with Crippen LogP contribution in [0.25, 0.3) is 0 Å². The third-order valence-electron chi connectivity index (χ3n) is 14.7. The van der Waals surface area contributed by atoms with Crippen LogP contribution in [0.5, 0.6) is 0 Å². The van der Waals surface area contributed by atoms with Crippen molar-refractivity contribution in [1.29, 1.82) is 0 Å². The summed E-state index contributed by atoms with van der Waals surface area (Å²) >= 11 is -2.05. The average molecular weight is 998 g/mol. The average Bonchev–Trinajstić information content (AvgIpc) is 3.37. The lowest BCUT2D eigenvalue weighted by molar-refractivity contribution is 0.0885. The summed E-state index contributed by atoms with van der Waals surface area (Å²) in [6, 6.07) is 0. The van der Waals surface area contributed by atoms with Gasteiger partial charge in [-0.15, -0.1) is 0 Å². The fourth-order valence-corrected chi connectivity index (χ4v) is 11.2. The van der Waals surface area contributed by atoms with Gasteiger partial charge in [0.2, 0.25) is 0 Å². The summed E-state index contributed by atoms with van der Waals surface area (Å²) in [6.45, 7) is 9.35. The summed E-state index contributed by atoms with van der Waals surface area (Å²) in [4.78, 5) is 0. The van der Waals surface area contributed by atoms with Crippen LogP contribution < -0.4 is 0 Å². The second-order valence-corrected chi connectivity index (χ2v) is 23.5. The molecule has 0 atom stereocenters. The van der Waals surface area contributed by atoms with Gasteiger partial charge in [0.15, 0.2) is 0 Å². The van der Waals surface area contributed by atoms with Gasteiger partial charge in [-0.1, -0.05) is 308 Å². The predicted molar refractivity (Wildman–Crippen MR) is 317 cm³/mol. The van der Waals surface area contributed by atoms with Crippen LogP contribution in [0.4, 0.5) is 0 Å². The normalized spacial score (nSPS) is 12.0. The molecule has 0 aliphatic rings. The molecule has 0 fully saturated rings. The van der Waals surface area contributed by atoms with Crippen LogP contribution in [0.2, 0.25) is 0 Å². The van der Waals surface area contributed by atoms with Gasteiger partial charge in [0.05, 0.1) is 0 Å². The Labute approximate surface area is 447 Å². The Kier molecular flexibility index (Phi) is 66.3. The SMILES string of the molecule is CCCCCCCCC=CCCCCCCCCCCCC[O][Al]([O]CCCCCCCCCCCCC=CCCCCCCCC)[O]CCCCCCCCCCCCC=CCCCCCCCC. The molecule has 0 rings (SSSR count). The van der Waals surface area contributed by atoms with E-state index in [0.29, 0.717) is 0 Å². The quantitative estimate of drug-likeness (QED) is 0.0345. The van der Waals surface area contributed by atoms with E-state index in [1.165, 1.54) is 327 Å². The van der Waals surface area contributed by atoms with E-state index in [1.807, 2.05) is 0 Å². The second kappa shape index (κ2) is 66.6. The molecule has 0 radical (unpaired) electrons. The van der Waals surface area contributed by atoms with Crippen molar-refractivity contribution in [1.82, 2.24) is 0 Å². The molecule has 0 spiro atoms. The summed E-state index contributed by atoms with van der Waals surface area (Å²) in [5, 5.41) is 0. The molecule has 0 saturated carbocycles. The molecule has 4 heteroatoms. The molecule has 0 heterocycles. The van der Waals surface area contributed by atoms with Crippen LogP contribution in [0.1, 0.15) is 367 Å². The minimum atomic E-state index is -2.05. The van der Waals surface area contributed by atoms with Crippen molar-refractivity contribution in [3.8, 4) is 0 Å². The van der Waals surface area contributed by atoms with E-state index in [1.54, 1.807) is 0 Å². The van der Waals surface area contributed by atoms with Crippen molar-refractivity contribution >= 4 is 15.1 Å². The molecule has 0 aromatic carbocycles. The second-order valence-electron chi connectivity index (χ2n) is 22.0. The third-order valence-corrected chi connectivity index (χ3v) is 16.3. The minimum Gasteiger partial charge on any atom is -0.454 e. The number of allylic oxidation sites excluding steroid dienone is 6. The zero-order chi connectivity index (χ0) is 50.2. The first kappa shape index (κ1) is 69.6. The zero-order valence-electron chi connectivity index (χ0n) is 48.6. The topological polar surface area (TPSA) is 27.7 Å². The first-order chi connectivity index (χ1) is 34.8. The van der Waals surface area contributed by atoms with Crippen LogP contribution in [0.15, 0.2) is 36.5 Å². The summed E-state index contributed by atoms with van der Waals surface area (Å²) in [5.74, 6) is 0. The molecular formula is C66H129AlO3. The Morgan fingerprint density at radius 3 is 0.500 bits per heavy atom. The van der Waals surface area contributed by atoms with Crippen molar-refractivity contribution in [3.63, 3.8) is 0 Å². The van der Waals surface area contributed by atoms with Crippen molar-refractivity contribution < 1.29 is 11.4 Å². The zero-order valence-corrected chi connectivity index (χ0v) is 49.7. The molecule has 0 saturated heterocycles. The Morgan fingerprint density at radius 2 is 0.329 bits per heavy atom. The lowest BCUT2D eigenvalue weighted by atomic mass is 10.1. The Morgan fingerprint density at radius 1 is 0.186 bits per heavy atom. The van der Waals surface area contributed by atoms with Gasteiger partial charge >= 0.3 is 15.1 Å². The molecule has 70 heavy (non-hydrogen) atoms. The lowest BCUT2D eigenvalue weighted by Gasteiger charge is -2.14. The van der Waals surface area contributed by atoms with Crippen LogP contribution in [-0.4, -0.2) is 35.0 Å². The molecule has 0 aliphatic heterocycles. The van der Waals surface area contributed by atoms with Gasteiger partial charge in [0.1, 0.15) is 0 Å². The van der Waals surface area contributed by atoms with Crippen molar-refractivity contribution in [2.45, 2.75) is 367 Å². The molecular weight excluding hydrogens is 868 g/mol.